The van der Waals surface area contributed by atoms with Gasteiger partial charge < -0.3 is 4.74 Å². The van der Waals surface area contributed by atoms with E-state index in [0.29, 0.717) is 33.4 Å². The minimum atomic E-state index is -0.349. The van der Waals surface area contributed by atoms with Crippen molar-refractivity contribution in [2.45, 2.75) is 12.1 Å². The van der Waals surface area contributed by atoms with Crippen LogP contribution in [0.3, 0.4) is 0 Å². The first-order valence-corrected chi connectivity index (χ1v) is 9.02. The molecule has 0 radical (unpaired) electrons. The number of benzene rings is 2. The Morgan fingerprint density at radius 1 is 1.24 bits per heavy atom. The van der Waals surface area contributed by atoms with Gasteiger partial charge in [0, 0.05) is 5.02 Å². The van der Waals surface area contributed by atoms with Gasteiger partial charge in [-0.15, -0.1) is 0 Å². The molecule has 0 fully saturated rings. The minimum Gasteiger partial charge on any atom is -0.465 e. The zero-order valence-electron chi connectivity index (χ0n) is 13.4. The van der Waals surface area contributed by atoms with Crippen molar-refractivity contribution in [3.63, 3.8) is 0 Å². The zero-order valence-corrected chi connectivity index (χ0v) is 15.0. The number of esters is 1. The fourth-order valence-electron chi connectivity index (χ4n) is 2.37. The molecule has 7 heteroatoms. The lowest BCUT2D eigenvalue weighted by Gasteiger charge is -2.13. The topological polar surface area (TPSA) is 61.2 Å². The largest absolute Gasteiger partial charge is 0.465 e. The van der Waals surface area contributed by atoms with E-state index in [4.69, 9.17) is 16.3 Å². The van der Waals surface area contributed by atoms with Crippen LogP contribution in [0.15, 0.2) is 58.5 Å². The lowest BCUT2D eigenvalue weighted by molar-refractivity contribution is -0.139. The Balaban J connectivity index is 2.14. The Hall–Kier alpha value is -2.31. The van der Waals surface area contributed by atoms with Gasteiger partial charge in [0.1, 0.15) is 0 Å². The van der Waals surface area contributed by atoms with Gasteiger partial charge >= 0.3 is 5.97 Å². The number of para-hydroxylation sites is 1. The molecule has 0 atom stereocenters. The summed E-state index contributed by atoms with van der Waals surface area (Å²) in [5.41, 5.74) is 0.978. The average molecular weight is 375 g/mol. The van der Waals surface area contributed by atoms with E-state index in [-0.39, 0.29) is 17.3 Å². The van der Waals surface area contributed by atoms with Gasteiger partial charge in [-0.25, -0.2) is 4.98 Å². The van der Waals surface area contributed by atoms with Crippen LogP contribution in [-0.4, -0.2) is 27.9 Å². The Kier molecular flexibility index (Phi) is 5.40. The minimum absolute atomic E-state index is 0.0756. The summed E-state index contributed by atoms with van der Waals surface area (Å²) >= 11 is 7.19. The van der Waals surface area contributed by atoms with Crippen molar-refractivity contribution in [3.05, 3.63) is 63.9 Å². The number of carbonyl (C=O) groups excluding carboxylic acids is 1. The highest BCUT2D eigenvalue weighted by Gasteiger charge is 2.15. The predicted octanol–water partition coefficient (Wildman–Crippen LogP) is 3.69. The van der Waals surface area contributed by atoms with Gasteiger partial charge in [0.15, 0.2) is 5.16 Å². The lowest BCUT2D eigenvalue weighted by atomic mass is 10.2. The summed E-state index contributed by atoms with van der Waals surface area (Å²) in [5, 5.41) is 1.33. The molecule has 0 N–H and O–H groups in total. The van der Waals surface area contributed by atoms with Crippen molar-refractivity contribution in [2.24, 2.45) is 0 Å². The monoisotopic (exact) mass is 374 g/mol. The molecule has 0 unspecified atom stereocenters. The third-order valence-electron chi connectivity index (χ3n) is 3.44. The van der Waals surface area contributed by atoms with Crippen molar-refractivity contribution in [2.75, 3.05) is 12.4 Å². The van der Waals surface area contributed by atoms with Crippen LogP contribution in [0.1, 0.15) is 6.92 Å². The standard InChI is InChI=1S/C18H15ClN2O3S/c1-2-24-16(22)11-25-18-20-15-9-8-12(19)10-14(15)17(23)21(18)13-6-4-3-5-7-13/h3-10H,2,11H2,1H3. The molecule has 0 saturated carbocycles. The van der Waals surface area contributed by atoms with Gasteiger partial charge in [-0.3, -0.25) is 14.2 Å². The molecular formula is C18H15ClN2O3S. The quantitative estimate of drug-likeness (QED) is 0.387. The van der Waals surface area contributed by atoms with Gasteiger partial charge in [0.25, 0.3) is 5.56 Å². The van der Waals surface area contributed by atoms with Gasteiger partial charge in [-0.2, -0.15) is 0 Å². The number of nitrogens with zero attached hydrogens (tertiary/aromatic N) is 2. The van der Waals surface area contributed by atoms with E-state index in [1.54, 1.807) is 25.1 Å². The van der Waals surface area contributed by atoms with Crippen LogP contribution in [-0.2, 0) is 9.53 Å². The molecule has 128 valence electrons. The van der Waals surface area contributed by atoms with Crippen LogP contribution in [0.5, 0.6) is 0 Å². The van der Waals surface area contributed by atoms with E-state index in [9.17, 15) is 9.59 Å². The highest BCUT2D eigenvalue weighted by Crippen LogP contribution is 2.23. The van der Waals surface area contributed by atoms with Gasteiger partial charge in [0.2, 0.25) is 0 Å². The maximum atomic E-state index is 13.0. The van der Waals surface area contributed by atoms with Gasteiger partial charge in [-0.05, 0) is 37.3 Å². The molecule has 3 aromatic rings. The second-order valence-electron chi connectivity index (χ2n) is 5.13. The first-order chi connectivity index (χ1) is 12.1. The number of ether oxygens (including phenoxy) is 1. The molecule has 1 aromatic heterocycles. The van der Waals surface area contributed by atoms with Gasteiger partial charge in [-0.1, -0.05) is 41.6 Å². The lowest BCUT2D eigenvalue weighted by Crippen LogP contribution is -2.22. The van der Waals surface area contributed by atoms with E-state index in [2.05, 4.69) is 4.98 Å². The van der Waals surface area contributed by atoms with E-state index in [1.807, 2.05) is 30.3 Å². The fourth-order valence-corrected chi connectivity index (χ4v) is 3.35. The average Bonchev–Trinajstić information content (AvgIpc) is 2.61. The Morgan fingerprint density at radius 2 is 2.00 bits per heavy atom. The Bertz CT molecular complexity index is 973. The van der Waals surface area contributed by atoms with E-state index in [1.165, 1.54) is 16.3 Å². The molecule has 2 aromatic carbocycles. The third-order valence-corrected chi connectivity index (χ3v) is 4.59. The number of hydrogen-bond acceptors (Lipinski definition) is 5. The smallest absolute Gasteiger partial charge is 0.316 e. The maximum Gasteiger partial charge on any atom is 0.316 e. The second kappa shape index (κ2) is 7.72. The molecule has 0 spiro atoms. The molecule has 0 aliphatic carbocycles. The van der Waals surface area contributed by atoms with Crippen LogP contribution in [0.25, 0.3) is 16.6 Å². The van der Waals surface area contributed by atoms with Gasteiger partial charge in [0.05, 0.1) is 29.0 Å². The SMILES string of the molecule is CCOC(=O)CSc1nc2ccc(Cl)cc2c(=O)n1-c1ccccc1. The number of aromatic nitrogens is 2. The first kappa shape index (κ1) is 17.5. The van der Waals surface area contributed by atoms with Crippen molar-refractivity contribution < 1.29 is 9.53 Å². The van der Waals surface area contributed by atoms with Crippen molar-refractivity contribution in [1.29, 1.82) is 0 Å². The van der Waals surface area contributed by atoms with Crippen molar-refractivity contribution in [3.8, 4) is 5.69 Å². The Labute approximate surface area is 153 Å². The summed E-state index contributed by atoms with van der Waals surface area (Å²) in [4.78, 5) is 29.2. The van der Waals surface area contributed by atoms with Crippen molar-refractivity contribution >= 4 is 40.2 Å². The van der Waals surface area contributed by atoms with Crippen LogP contribution < -0.4 is 5.56 Å². The van der Waals surface area contributed by atoms with E-state index < -0.39 is 0 Å². The number of thioether (sulfide) groups is 1. The molecule has 3 rings (SSSR count). The molecule has 0 saturated heterocycles. The highest BCUT2D eigenvalue weighted by molar-refractivity contribution is 7.99. The fraction of sp³-hybridized carbons (Fsp3) is 0.167. The molecular weight excluding hydrogens is 360 g/mol. The van der Waals surface area contributed by atoms with Crippen LogP contribution in [0.2, 0.25) is 5.02 Å². The van der Waals surface area contributed by atoms with Crippen LogP contribution in [0, 0.1) is 0 Å². The summed E-state index contributed by atoms with van der Waals surface area (Å²) < 4.78 is 6.44. The first-order valence-electron chi connectivity index (χ1n) is 7.66. The summed E-state index contributed by atoms with van der Waals surface area (Å²) in [5.74, 6) is -0.274. The summed E-state index contributed by atoms with van der Waals surface area (Å²) in [6, 6.07) is 14.2. The number of rotatable bonds is 5. The normalized spacial score (nSPS) is 10.8. The number of hydrogen-bond donors (Lipinski definition) is 0. The molecule has 1 heterocycles. The van der Waals surface area contributed by atoms with E-state index in [0.717, 1.165) is 0 Å². The second-order valence-corrected chi connectivity index (χ2v) is 6.50. The molecule has 25 heavy (non-hydrogen) atoms. The molecule has 5 nitrogen and oxygen atoms in total. The number of halogens is 1. The van der Waals surface area contributed by atoms with E-state index >= 15 is 0 Å². The van der Waals surface area contributed by atoms with Crippen LogP contribution in [0.4, 0.5) is 0 Å². The van der Waals surface area contributed by atoms with Crippen LogP contribution >= 0.6 is 23.4 Å². The predicted molar refractivity (Wildman–Crippen MR) is 99.7 cm³/mol. The Morgan fingerprint density at radius 3 is 2.72 bits per heavy atom. The molecule has 0 aliphatic rings. The maximum absolute atomic E-state index is 13.0. The number of fused-ring (bicyclic) bond motifs is 1. The molecule has 0 amide bonds. The number of carbonyl (C=O) groups is 1. The zero-order chi connectivity index (χ0) is 17.8. The molecule has 0 aliphatic heterocycles. The third kappa shape index (κ3) is 3.86. The molecule has 0 bridgehead atoms. The highest BCUT2D eigenvalue weighted by atomic mass is 35.5. The van der Waals surface area contributed by atoms with Crippen molar-refractivity contribution in [1.82, 2.24) is 9.55 Å². The summed E-state index contributed by atoms with van der Waals surface area (Å²) in [6.45, 7) is 2.06. The summed E-state index contributed by atoms with van der Waals surface area (Å²) in [7, 11) is 0. The summed E-state index contributed by atoms with van der Waals surface area (Å²) in [6.07, 6.45) is 0.